The maximum absolute atomic E-state index is 5.81. The summed E-state index contributed by atoms with van der Waals surface area (Å²) >= 11 is 0. The Morgan fingerprint density at radius 2 is 1.73 bits per heavy atom. The summed E-state index contributed by atoms with van der Waals surface area (Å²) in [5.41, 5.74) is 3.78. The van der Waals surface area contributed by atoms with Gasteiger partial charge in [0.15, 0.2) is 23.4 Å². The molecule has 0 saturated heterocycles. The highest BCUT2D eigenvalue weighted by Crippen LogP contribution is 2.38. The molecule has 0 spiro atoms. The molecule has 0 unspecified atom stereocenters. The van der Waals surface area contributed by atoms with Gasteiger partial charge in [-0.3, -0.25) is 0 Å². The fraction of sp³-hybridized carbons (Fsp3) is 0.227. The number of hydrogen-bond acceptors (Lipinski definition) is 3. The molecule has 2 aliphatic heterocycles. The second-order valence-electron chi connectivity index (χ2n) is 6.95. The molecule has 0 amide bonds. The van der Waals surface area contributed by atoms with Gasteiger partial charge >= 0.3 is 0 Å². The molecule has 0 N–H and O–H groups in total. The molecule has 2 aromatic carbocycles. The van der Waals surface area contributed by atoms with Crippen molar-refractivity contribution in [2.75, 3.05) is 13.4 Å². The van der Waals surface area contributed by atoms with Gasteiger partial charge in [0.05, 0.1) is 17.4 Å². The van der Waals surface area contributed by atoms with E-state index in [1.807, 2.05) is 0 Å². The van der Waals surface area contributed by atoms with Crippen molar-refractivity contribution in [1.82, 2.24) is 0 Å². The van der Waals surface area contributed by atoms with Crippen LogP contribution in [0.1, 0.15) is 18.2 Å². The van der Waals surface area contributed by atoms with Gasteiger partial charge in [0.2, 0.25) is 12.3 Å². The van der Waals surface area contributed by atoms with Crippen LogP contribution in [0.15, 0.2) is 42.6 Å². The molecule has 2 aliphatic rings. The van der Waals surface area contributed by atoms with Crippen LogP contribution in [0.3, 0.4) is 0 Å². The molecule has 0 atom stereocenters. The molecule has 0 bridgehead atoms. The van der Waals surface area contributed by atoms with Gasteiger partial charge < -0.3 is 14.2 Å². The zero-order valence-corrected chi connectivity index (χ0v) is 14.5. The average Bonchev–Trinajstić information content (AvgIpc) is 3.30. The molecule has 0 fully saturated rings. The van der Waals surface area contributed by atoms with Crippen molar-refractivity contribution in [3.63, 3.8) is 0 Å². The summed E-state index contributed by atoms with van der Waals surface area (Å²) in [4.78, 5) is 0. The molecule has 0 saturated carbocycles. The average molecular weight is 344 g/mol. The van der Waals surface area contributed by atoms with E-state index in [-0.39, 0.29) is 0 Å². The highest BCUT2D eigenvalue weighted by Gasteiger charge is 2.23. The predicted molar refractivity (Wildman–Crippen MR) is 99.3 cm³/mol. The number of nitrogens with zero attached hydrogens (tertiary/aromatic N) is 1. The molecule has 4 heterocycles. The summed E-state index contributed by atoms with van der Waals surface area (Å²) in [5.74, 6) is 2.68. The second kappa shape index (κ2) is 5.01. The van der Waals surface area contributed by atoms with Crippen molar-refractivity contribution < 1.29 is 18.6 Å². The summed E-state index contributed by atoms with van der Waals surface area (Å²) < 4.78 is 19.3. The Bertz CT molecular complexity index is 1230. The molecule has 0 aliphatic carbocycles. The minimum atomic E-state index is 0.298. The number of aryl methyl sites for hydroxylation is 1. The van der Waals surface area contributed by atoms with Gasteiger partial charge in [0.25, 0.3) is 0 Å². The third-order valence-corrected chi connectivity index (χ3v) is 5.57. The Labute approximate surface area is 150 Å². The monoisotopic (exact) mass is 344 g/mol. The quantitative estimate of drug-likeness (QED) is 0.298. The predicted octanol–water partition coefficient (Wildman–Crippen LogP) is 3.96. The van der Waals surface area contributed by atoms with Crippen LogP contribution in [0.25, 0.3) is 27.1 Å². The van der Waals surface area contributed by atoms with Crippen molar-refractivity contribution in [1.29, 1.82) is 0 Å². The topological polar surface area (TPSA) is 31.8 Å². The first kappa shape index (κ1) is 14.2. The lowest BCUT2D eigenvalue weighted by Crippen LogP contribution is -2.27. The van der Waals surface area contributed by atoms with Crippen molar-refractivity contribution in [3.8, 4) is 17.2 Å². The van der Waals surface area contributed by atoms with E-state index in [1.54, 1.807) is 0 Å². The Morgan fingerprint density at radius 3 is 2.62 bits per heavy atom. The zero-order chi connectivity index (χ0) is 17.3. The SMILES string of the molecule is CCc1c2cc3c(cc2cc2c4cc5c(cc4cc[n+]12)CCO5)OCO3. The first-order valence-corrected chi connectivity index (χ1v) is 9.11. The number of hydrogen-bond donors (Lipinski definition) is 0. The van der Waals surface area contributed by atoms with Crippen molar-refractivity contribution in [2.45, 2.75) is 19.8 Å². The fourth-order valence-electron chi connectivity index (χ4n) is 4.32. The number of fused-ring (bicyclic) bond motifs is 6. The van der Waals surface area contributed by atoms with Crippen LogP contribution in [0.2, 0.25) is 0 Å². The van der Waals surface area contributed by atoms with Crippen LogP contribution in [-0.2, 0) is 12.8 Å². The van der Waals surface area contributed by atoms with Crippen LogP contribution in [0.4, 0.5) is 0 Å². The van der Waals surface area contributed by atoms with E-state index in [0.29, 0.717) is 6.79 Å². The van der Waals surface area contributed by atoms with Gasteiger partial charge in [0, 0.05) is 25.0 Å². The second-order valence-corrected chi connectivity index (χ2v) is 6.95. The van der Waals surface area contributed by atoms with E-state index < -0.39 is 0 Å². The van der Waals surface area contributed by atoms with Crippen LogP contribution >= 0.6 is 0 Å². The third-order valence-electron chi connectivity index (χ3n) is 5.57. The molecule has 26 heavy (non-hydrogen) atoms. The minimum Gasteiger partial charge on any atom is -0.493 e. The van der Waals surface area contributed by atoms with Gasteiger partial charge in [-0.15, -0.1) is 0 Å². The van der Waals surface area contributed by atoms with Crippen molar-refractivity contribution in [3.05, 3.63) is 53.9 Å². The van der Waals surface area contributed by atoms with Crippen LogP contribution < -0.4 is 18.6 Å². The molecule has 4 aromatic rings. The maximum Gasteiger partial charge on any atom is 0.231 e. The van der Waals surface area contributed by atoms with Crippen molar-refractivity contribution >= 4 is 27.1 Å². The Kier molecular flexibility index (Phi) is 2.73. The fourth-order valence-corrected chi connectivity index (χ4v) is 4.32. The molecule has 128 valence electrons. The summed E-state index contributed by atoms with van der Waals surface area (Å²) in [5, 5.41) is 4.88. The normalized spacial score (nSPS) is 15.0. The number of ether oxygens (including phenoxy) is 3. The number of rotatable bonds is 1. The molecule has 0 radical (unpaired) electrons. The molecule has 2 aromatic heterocycles. The Balaban J connectivity index is 1.77. The first-order chi connectivity index (χ1) is 12.8. The van der Waals surface area contributed by atoms with Gasteiger partial charge in [0.1, 0.15) is 5.75 Å². The van der Waals surface area contributed by atoms with Crippen molar-refractivity contribution in [2.24, 2.45) is 0 Å². The number of benzene rings is 2. The Morgan fingerprint density at radius 1 is 0.885 bits per heavy atom. The van der Waals surface area contributed by atoms with Gasteiger partial charge in [-0.1, -0.05) is 6.92 Å². The van der Waals surface area contributed by atoms with E-state index in [0.717, 1.165) is 36.7 Å². The standard InChI is InChI=1S/C22H18NO3/c1-2-18-17-11-22-21(25-12-26-22)9-15(17)8-19-16-10-20-14(4-6-24-20)7-13(16)3-5-23(18)19/h3,5,7-11H,2,4,6,12H2,1H3/q+1. The summed E-state index contributed by atoms with van der Waals surface area (Å²) in [7, 11) is 0. The van der Waals surface area contributed by atoms with E-state index >= 15 is 0 Å². The highest BCUT2D eigenvalue weighted by atomic mass is 16.7. The summed E-state index contributed by atoms with van der Waals surface area (Å²) in [6.45, 7) is 3.28. The van der Waals surface area contributed by atoms with Crippen LogP contribution in [0.5, 0.6) is 17.2 Å². The Hall–Kier alpha value is -3.01. The highest BCUT2D eigenvalue weighted by molar-refractivity contribution is 5.99. The minimum absolute atomic E-state index is 0.298. The lowest BCUT2D eigenvalue weighted by Gasteiger charge is -2.08. The largest absolute Gasteiger partial charge is 0.493 e. The molecular weight excluding hydrogens is 326 g/mol. The summed E-state index contributed by atoms with van der Waals surface area (Å²) in [6, 6.07) is 13.1. The van der Waals surface area contributed by atoms with Crippen LogP contribution in [0, 0.1) is 0 Å². The first-order valence-electron chi connectivity index (χ1n) is 9.11. The van der Waals surface area contributed by atoms with Gasteiger partial charge in [-0.05, 0) is 40.6 Å². The number of pyridine rings is 2. The third kappa shape index (κ3) is 1.81. The van der Waals surface area contributed by atoms with E-state index in [9.17, 15) is 0 Å². The van der Waals surface area contributed by atoms with E-state index in [4.69, 9.17) is 14.2 Å². The molecular formula is C22H18NO3+. The van der Waals surface area contributed by atoms with E-state index in [1.165, 1.54) is 38.3 Å². The lowest BCUT2D eigenvalue weighted by atomic mass is 10.0. The summed E-state index contributed by atoms with van der Waals surface area (Å²) in [6.07, 6.45) is 4.12. The van der Waals surface area contributed by atoms with E-state index in [2.05, 4.69) is 53.9 Å². The van der Waals surface area contributed by atoms with Gasteiger partial charge in [-0.25, -0.2) is 0 Å². The zero-order valence-electron chi connectivity index (χ0n) is 14.5. The maximum atomic E-state index is 5.81. The number of aromatic nitrogens is 1. The molecule has 4 nitrogen and oxygen atoms in total. The lowest BCUT2D eigenvalue weighted by molar-refractivity contribution is -0.518. The molecule has 4 heteroatoms. The van der Waals surface area contributed by atoms with Crippen LogP contribution in [-0.4, -0.2) is 13.4 Å². The van der Waals surface area contributed by atoms with Gasteiger partial charge in [-0.2, -0.15) is 4.40 Å². The molecule has 6 rings (SSSR count). The smallest absolute Gasteiger partial charge is 0.231 e.